The summed E-state index contributed by atoms with van der Waals surface area (Å²) in [4.78, 5) is 76.4. The maximum Gasteiger partial charge on any atom is 0.262 e. The summed E-state index contributed by atoms with van der Waals surface area (Å²) in [5.74, 6) is -0.416. The first-order valence-corrected chi connectivity index (χ1v) is 20.7. The number of ether oxygens (including phenoxy) is 2. The van der Waals surface area contributed by atoms with Crippen molar-refractivity contribution < 1.29 is 33.4 Å². The maximum absolute atomic E-state index is 13.5. The van der Waals surface area contributed by atoms with Gasteiger partial charge in [-0.15, -0.1) is 0 Å². The summed E-state index contributed by atoms with van der Waals surface area (Å²) in [5, 5.41) is 11.8. The Morgan fingerprint density at radius 3 is 2.10 bits per heavy atom. The third-order valence-electron chi connectivity index (χ3n) is 12.6. The molecule has 9 rings (SSSR count). The number of carbonyl (C=O) groups excluding carboxylic acids is 5. The van der Waals surface area contributed by atoms with Crippen LogP contribution in [0.2, 0.25) is 5.02 Å². The van der Waals surface area contributed by atoms with Crippen LogP contribution in [0, 0.1) is 11.3 Å². The minimum absolute atomic E-state index is 0.0327. The number of fused-ring (bicyclic) bond motifs is 2. The van der Waals surface area contributed by atoms with Crippen molar-refractivity contribution in [3.8, 4) is 11.8 Å². The Morgan fingerprint density at radius 1 is 0.724 bits per heavy atom. The highest BCUT2D eigenvalue weighted by atomic mass is 35.5. The molecule has 0 spiro atoms. The number of halogens is 1. The van der Waals surface area contributed by atoms with Gasteiger partial charge >= 0.3 is 0 Å². The monoisotopic (exact) mass is 805 g/mol. The number of nitrogens with one attached hydrogen (secondary N) is 1. The number of nitriles is 1. The van der Waals surface area contributed by atoms with Crippen molar-refractivity contribution in [2.45, 2.75) is 101 Å². The molecule has 1 atom stereocenters. The van der Waals surface area contributed by atoms with Gasteiger partial charge in [-0.05, 0) is 100 Å². The second-order valence-corrected chi connectivity index (χ2v) is 16.5. The third kappa shape index (κ3) is 7.26. The summed E-state index contributed by atoms with van der Waals surface area (Å²) in [6.45, 7) is 3.65. The van der Waals surface area contributed by atoms with Gasteiger partial charge in [0.15, 0.2) is 0 Å². The lowest BCUT2D eigenvalue weighted by atomic mass is 9.92. The van der Waals surface area contributed by atoms with Gasteiger partial charge in [-0.25, -0.2) is 4.98 Å². The van der Waals surface area contributed by atoms with Crippen LogP contribution in [0.25, 0.3) is 0 Å². The number of pyridine rings is 1. The highest BCUT2D eigenvalue weighted by Gasteiger charge is 2.45. The fraction of sp³-hybridized carbons (Fsp3) is 0.465. The van der Waals surface area contributed by atoms with E-state index in [2.05, 4.69) is 21.2 Å². The smallest absolute Gasteiger partial charge is 0.262 e. The number of anilines is 2. The molecule has 1 saturated carbocycles. The van der Waals surface area contributed by atoms with Crippen molar-refractivity contribution >= 4 is 52.6 Å². The van der Waals surface area contributed by atoms with Crippen molar-refractivity contribution in [1.29, 1.82) is 5.26 Å². The lowest BCUT2D eigenvalue weighted by Gasteiger charge is -2.38. The van der Waals surface area contributed by atoms with E-state index in [1.54, 1.807) is 30.3 Å². The first-order chi connectivity index (χ1) is 28.1. The Hall–Kier alpha value is -5.52. The van der Waals surface area contributed by atoms with E-state index in [1.807, 2.05) is 23.1 Å². The van der Waals surface area contributed by atoms with Crippen molar-refractivity contribution in [2.24, 2.45) is 0 Å². The van der Waals surface area contributed by atoms with Crippen LogP contribution in [-0.4, -0.2) is 101 Å². The Kier molecular flexibility index (Phi) is 10.3. The molecule has 3 aromatic rings. The quantitative estimate of drug-likeness (QED) is 0.305. The van der Waals surface area contributed by atoms with Crippen molar-refractivity contribution in [3.63, 3.8) is 0 Å². The van der Waals surface area contributed by atoms with E-state index < -0.39 is 29.7 Å². The summed E-state index contributed by atoms with van der Waals surface area (Å²) in [6.07, 6.45) is 7.30. The number of hydrogen-bond donors (Lipinski definition) is 1. The number of carbonyl (C=O) groups is 5. The predicted octanol–water partition coefficient (Wildman–Crippen LogP) is 5.01. The summed E-state index contributed by atoms with van der Waals surface area (Å²) >= 11 is 6.19. The SMILES string of the molecule is N#Cc1ccc(O[C@H]2CC[C@H](N3Cc4nc(N5CCC(OC6CCN(c7ccc8c(c7)C(=O)N(C7CCC(=O)NC7=O)C8=O)CC6)CC5)ccc4C3=O)CC2)cc1Cl. The molecule has 2 aromatic carbocycles. The molecule has 3 saturated heterocycles. The Bertz CT molecular complexity index is 2220. The fourth-order valence-electron chi connectivity index (χ4n) is 9.39. The number of hydrogen-bond acceptors (Lipinski definition) is 11. The Balaban J connectivity index is 0.730. The number of amides is 5. The van der Waals surface area contributed by atoms with E-state index in [0.717, 1.165) is 99.6 Å². The maximum atomic E-state index is 13.5. The van der Waals surface area contributed by atoms with E-state index in [9.17, 15) is 24.0 Å². The van der Waals surface area contributed by atoms with E-state index in [1.165, 1.54) is 0 Å². The summed E-state index contributed by atoms with van der Waals surface area (Å²) in [7, 11) is 0. The minimum atomic E-state index is -0.984. The van der Waals surface area contributed by atoms with Gasteiger partial charge in [0.05, 0.1) is 57.8 Å². The molecule has 300 valence electrons. The molecule has 1 unspecified atom stereocenters. The molecule has 5 amide bonds. The van der Waals surface area contributed by atoms with Crippen LogP contribution in [0.1, 0.15) is 107 Å². The summed E-state index contributed by atoms with van der Waals surface area (Å²) in [6, 6.07) is 15.5. The lowest BCUT2D eigenvalue weighted by Crippen LogP contribution is -2.54. The molecule has 15 heteroatoms. The van der Waals surface area contributed by atoms with E-state index in [0.29, 0.717) is 28.4 Å². The number of nitrogens with zero attached hydrogens (tertiary/aromatic N) is 6. The average Bonchev–Trinajstić information content (AvgIpc) is 3.69. The molecule has 0 radical (unpaired) electrons. The van der Waals surface area contributed by atoms with Gasteiger partial charge in [0, 0.05) is 50.4 Å². The van der Waals surface area contributed by atoms with E-state index in [-0.39, 0.29) is 54.2 Å². The number of piperidine rings is 3. The zero-order valence-corrected chi connectivity index (χ0v) is 32.8. The first-order valence-electron chi connectivity index (χ1n) is 20.3. The van der Waals surface area contributed by atoms with Crippen LogP contribution < -0.4 is 19.9 Å². The molecular weight excluding hydrogens is 762 g/mol. The zero-order valence-electron chi connectivity index (χ0n) is 32.0. The van der Waals surface area contributed by atoms with Gasteiger partial charge in [-0.1, -0.05) is 11.6 Å². The first kappa shape index (κ1) is 38.0. The second-order valence-electron chi connectivity index (χ2n) is 16.1. The summed E-state index contributed by atoms with van der Waals surface area (Å²) in [5.41, 5.74) is 3.37. The van der Waals surface area contributed by atoms with Crippen molar-refractivity contribution in [1.82, 2.24) is 20.1 Å². The lowest BCUT2D eigenvalue weighted by molar-refractivity contribution is -0.136. The van der Waals surface area contributed by atoms with Gasteiger partial charge in [-0.2, -0.15) is 5.26 Å². The number of rotatable bonds is 8. The molecule has 5 aliphatic heterocycles. The summed E-state index contributed by atoms with van der Waals surface area (Å²) < 4.78 is 12.8. The number of imide groups is 2. The van der Waals surface area contributed by atoms with Crippen LogP contribution in [0.4, 0.5) is 11.5 Å². The molecule has 4 fully saturated rings. The largest absolute Gasteiger partial charge is 0.490 e. The molecule has 1 aliphatic carbocycles. The minimum Gasteiger partial charge on any atom is -0.490 e. The Morgan fingerprint density at radius 2 is 1.41 bits per heavy atom. The van der Waals surface area contributed by atoms with Gasteiger partial charge in [0.2, 0.25) is 11.8 Å². The van der Waals surface area contributed by atoms with Crippen LogP contribution in [0.15, 0.2) is 48.5 Å². The average molecular weight is 806 g/mol. The van der Waals surface area contributed by atoms with Crippen LogP contribution in [0.5, 0.6) is 5.75 Å². The molecule has 1 N–H and O–H groups in total. The van der Waals surface area contributed by atoms with Crippen LogP contribution in [0.3, 0.4) is 0 Å². The van der Waals surface area contributed by atoms with Gasteiger partial charge in [0.1, 0.15) is 23.7 Å². The molecular formula is C43H44ClN7O7. The number of aromatic nitrogens is 1. The Labute approximate surface area is 341 Å². The number of benzene rings is 2. The van der Waals surface area contributed by atoms with Crippen molar-refractivity contribution in [2.75, 3.05) is 36.0 Å². The van der Waals surface area contributed by atoms with Crippen molar-refractivity contribution in [3.05, 3.63) is 81.5 Å². The third-order valence-corrected chi connectivity index (χ3v) is 12.9. The van der Waals surface area contributed by atoms with Gasteiger partial charge in [0.25, 0.3) is 17.7 Å². The highest BCUT2D eigenvalue weighted by Crippen LogP contribution is 2.35. The normalized spacial score (nSPS) is 24.2. The fourth-order valence-corrected chi connectivity index (χ4v) is 9.60. The van der Waals surface area contributed by atoms with Gasteiger partial charge in [-0.3, -0.25) is 34.2 Å². The molecule has 14 nitrogen and oxygen atoms in total. The standard InChI is InChI=1S/C43H44ClN7O7/c44-35-22-31(5-1-25(35)23-45)58-28-6-2-26(3-7-28)50-24-36-33(41(50)54)9-11-38(46-36)49-19-15-30(16-20-49)57-29-13-17-48(18-14-29)27-4-8-32-34(21-27)43(56)51(42(32)55)37-10-12-39(52)47-40(37)53/h1,4-5,8-9,11,21-22,26,28-30,37H,2-3,6-7,10,12-20,24H2,(H,47,52,53)/t26-,28-,37?. The molecule has 58 heavy (non-hydrogen) atoms. The second kappa shape index (κ2) is 15.7. The van der Waals surface area contributed by atoms with E-state index >= 15 is 0 Å². The van der Waals surface area contributed by atoms with Gasteiger partial charge < -0.3 is 24.2 Å². The van der Waals surface area contributed by atoms with Crippen LogP contribution >= 0.6 is 11.6 Å². The molecule has 1 aromatic heterocycles. The zero-order chi connectivity index (χ0) is 40.1. The van der Waals surface area contributed by atoms with E-state index in [4.69, 9.17) is 31.3 Å². The molecule has 0 bridgehead atoms. The molecule has 6 heterocycles. The van der Waals surface area contributed by atoms with Crippen LogP contribution in [-0.2, 0) is 20.9 Å². The highest BCUT2D eigenvalue weighted by molar-refractivity contribution is 6.31. The molecule has 6 aliphatic rings. The topological polar surface area (TPSA) is 165 Å². The predicted molar refractivity (Wildman–Crippen MR) is 212 cm³/mol.